The molecular formula is C16H13ClF4N2S. The first-order chi connectivity index (χ1) is 11.2. The molecule has 2 aromatic rings. The average molecular weight is 377 g/mol. The molecule has 8 heteroatoms. The lowest BCUT2D eigenvalue weighted by atomic mass is 10.2. The molecule has 0 bridgehead atoms. The molecule has 0 aromatic heterocycles. The van der Waals surface area contributed by atoms with Crippen LogP contribution in [0.5, 0.6) is 0 Å². The van der Waals surface area contributed by atoms with Gasteiger partial charge in [0.05, 0.1) is 5.02 Å². The van der Waals surface area contributed by atoms with Crippen LogP contribution in [-0.2, 0) is 6.54 Å². The minimum atomic E-state index is -4.42. The van der Waals surface area contributed by atoms with Crippen molar-refractivity contribution >= 4 is 34.6 Å². The van der Waals surface area contributed by atoms with Gasteiger partial charge >= 0.3 is 6.18 Å². The van der Waals surface area contributed by atoms with E-state index in [1.165, 1.54) is 12.1 Å². The highest BCUT2D eigenvalue weighted by molar-refractivity contribution is 7.80. The fourth-order valence-corrected chi connectivity index (χ4v) is 2.42. The zero-order chi connectivity index (χ0) is 17.7. The monoisotopic (exact) mass is 376 g/mol. The molecule has 0 aliphatic heterocycles. The number of nitrogens with one attached hydrogen (secondary N) is 1. The standard InChI is InChI=1S/C16H13ClF4N2S/c17-13-8-12(6-7-14(13)18)22-15(24)23(10-16(19,20)21)9-11-4-2-1-3-5-11/h1-8H,9-10H2,(H,22,24). The zero-order valence-electron chi connectivity index (χ0n) is 12.3. The van der Waals surface area contributed by atoms with E-state index in [-0.39, 0.29) is 16.7 Å². The molecule has 2 nitrogen and oxygen atoms in total. The third-order valence-electron chi connectivity index (χ3n) is 3.04. The minimum absolute atomic E-state index is 0.0128. The van der Waals surface area contributed by atoms with E-state index in [0.29, 0.717) is 11.3 Å². The van der Waals surface area contributed by atoms with Crippen molar-refractivity contribution in [2.45, 2.75) is 12.7 Å². The molecule has 0 aliphatic carbocycles. The molecule has 2 aromatic carbocycles. The highest BCUT2D eigenvalue weighted by Gasteiger charge is 2.32. The quantitative estimate of drug-likeness (QED) is 0.580. The van der Waals surface area contributed by atoms with Crippen LogP contribution in [0.3, 0.4) is 0 Å². The molecule has 0 amide bonds. The van der Waals surface area contributed by atoms with Crippen LogP contribution in [0, 0.1) is 5.82 Å². The largest absolute Gasteiger partial charge is 0.406 e. The van der Waals surface area contributed by atoms with Crippen LogP contribution >= 0.6 is 23.8 Å². The smallest absolute Gasteiger partial charge is 0.336 e. The number of nitrogens with zero attached hydrogens (tertiary/aromatic N) is 1. The molecule has 0 atom stereocenters. The van der Waals surface area contributed by atoms with Gasteiger partial charge in [-0.05, 0) is 36.0 Å². The van der Waals surface area contributed by atoms with E-state index in [1.807, 2.05) is 0 Å². The van der Waals surface area contributed by atoms with Crippen LogP contribution in [-0.4, -0.2) is 22.7 Å². The van der Waals surface area contributed by atoms with Crippen LogP contribution in [0.15, 0.2) is 48.5 Å². The normalized spacial score (nSPS) is 11.2. The van der Waals surface area contributed by atoms with Gasteiger partial charge in [-0.25, -0.2) is 4.39 Å². The molecule has 0 fully saturated rings. The van der Waals surface area contributed by atoms with Gasteiger partial charge in [0.1, 0.15) is 12.4 Å². The van der Waals surface area contributed by atoms with E-state index in [4.69, 9.17) is 23.8 Å². The summed E-state index contributed by atoms with van der Waals surface area (Å²) < 4.78 is 51.6. The number of rotatable bonds is 4. The summed E-state index contributed by atoms with van der Waals surface area (Å²) in [6, 6.07) is 12.4. The van der Waals surface area contributed by atoms with E-state index in [9.17, 15) is 17.6 Å². The number of hydrogen-bond acceptors (Lipinski definition) is 1. The third kappa shape index (κ3) is 5.65. The van der Waals surface area contributed by atoms with Gasteiger partial charge in [-0.2, -0.15) is 13.2 Å². The first-order valence-electron chi connectivity index (χ1n) is 6.86. The Kier molecular flexibility index (Phi) is 6.01. The highest BCUT2D eigenvalue weighted by atomic mass is 35.5. The molecule has 0 saturated heterocycles. The Balaban J connectivity index is 2.15. The zero-order valence-corrected chi connectivity index (χ0v) is 13.9. The van der Waals surface area contributed by atoms with Crippen molar-refractivity contribution in [1.29, 1.82) is 0 Å². The molecule has 0 spiro atoms. The van der Waals surface area contributed by atoms with Gasteiger partial charge in [0.25, 0.3) is 0 Å². The number of thiocarbonyl (C=S) groups is 1. The molecule has 0 heterocycles. The maximum atomic E-state index is 13.2. The van der Waals surface area contributed by atoms with Gasteiger partial charge in [0.2, 0.25) is 0 Å². The summed E-state index contributed by atoms with van der Waals surface area (Å²) in [7, 11) is 0. The summed E-state index contributed by atoms with van der Waals surface area (Å²) >= 11 is 10.7. The Hall–Kier alpha value is -1.86. The van der Waals surface area contributed by atoms with Crippen LogP contribution in [0.2, 0.25) is 5.02 Å². The Morgan fingerprint density at radius 2 is 1.79 bits per heavy atom. The van der Waals surface area contributed by atoms with Crippen molar-refractivity contribution in [2.24, 2.45) is 0 Å². The topological polar surface area (TPSA) is 15.3 Å². The minimum Gasteiger partial charge on any atom is -0.336 e. The van der Waals surface area contributed by atoms with Gasteiger partial charge in [-0.3, -0.25) is 0 Å². The van der Waals surface area contributed by atoms with E-state index >= 15 is 0 Å². The first kappa shape index (κ1) is 18.5. The van der Waals surface area contributed by atoms with Gasteiger partial charge in [0, 0.05) is 12.2 Å². The van der Waals surface area contributed by atoms with Crippen molar-refractivity contribution in [3.8, 4) is 0 Å². The SMILES string of the molecule is Fc1ccc(NC(=S)N(Cc2ccccc2)CC(F)(F)F)cc1Cl. The van der Waals surface area contributed by atoms with Gasteiger partial charge in [-0.15, -0.1) is 0 Å². The first-order valence-corrected chi connectivity index (χ1v) is 7.65. The second-order valence-corrected chi connectivity index (χ2v) is 5.81. The van der Waals surface area contributed by atoms with Gasteiger partial charge < -0.3 is 10.2 Å². The van der Waals surface area contributed by atoms with Crippen molar-refractivity contribution in [3.05, 3.63) is 64.9 Å². The van der Waals surface area contributed by atoms with Crippen LogP contribution in [0.4, 0.5) is 23.2 Å². The Morgan fingerprint density at radius 3 is 2.38 bits per heavy atom. The maximum absolute atomic E-state index is 13.2. The number of benzene rings is 2. The van der Waals surface area contributed by atoms with Crippen LogP contribution in [0.1, 0.15) is 5.56 Å². The fourth-order valence-electron chi connectivity index (χ4n) is 2.00. The Morgan fingerprint density at radius 1 is 1.12 bits per heavy atom. The lowest BCUT2D eigenvalue weighted by Crippen LogP contribution is -2.40. The summed E-state index contributed by atoms with van der Waals surface area (Å²) in [6.45, 7) is -1.22. The number of alkyl halides is 3. The molecule has 2 rings (SSSR count). The predicted molar refractivity (Wildman–Crippen MR) is 90.5 cm³/mol. The molecule has 0 aliphatic rings. The Labute approximate surface area is 147 Å². The second-order valence-electron chi connectivity index (χ2n) is 5.02. The van der Waals surface area contributed by atoms with E-state index in [0.717, 1.165) is 11.0 Å². The molecular weight excluding hydrogens is 364 g/mol. The summed E-state index contributed by atoms with van der Waals surface area (Å²) in [5.74, 6) is -0.621. The van der Waals surface area contributed by atoms with E-state index < -0.39 is 18.5 Å². The van der Waals surface area contributed by atoms with Crippen molar-refractivity contribution in [2.75, 3.05) is 11.9 Å². The van der Waals surface area contributed by atoms with Crippen LogP contribution < -0.4 is 5.32 Å². The van der Waals surface area contributed by atoms with Crippen molar-refractivity contribution in [3.63, 3.8) is 0 Å². The number of halogens is 5. The summed E-state index contributed by atoms with van der Waals surface area (Å²) in [5.41, 5.74) is 0.995. The molecule has 1 N–H and O–H groups in total. The molecule has 0 saturated carbocycles. The molecule has 0 unspecified atom stereocenters. The van der Waals surface area contributed by atoms with Gasteiger partial charge in [-0.1, -0.05) is 41.9 Å². The fraction of sp³-hybridized carbons (Fsp3) is 0.188. The summed E-state index contributed by atoms with van der Waals surface area (Å²) in [5, 5.41) is 2.39. The predicted octanol–water partition coefficient (Wildman–Crippen LogP) is 5.24. The summed E-state index contributed by atoms with van der Waals surface area (Å²) in [4.78, 5) is 0.988. The summed E-state index contributed by atoms with van der Waals surface area (Å²) in [6.07, 6.45) is -4.42. The molecule has 128 valence electrons. The lowest BCUT2D eigenvalue weighted by molar-refractivity contribution is -0.138. The van der Waals surface area contributed by atoms with E-state index in [1.54, 1.807) is 30.3 Å². The molecule has 24 heavy (non-hydrogen) atoms. The third-order valence-corrected chi connectivity index (χ3v) is 3.69. The highest BCUT2D eigenvalue weighted by Crippen LogP contribution is 2.22. The lowest BCUT2D eigenvalue weighted by Gasteiger charge is -2.27. The van der Waals surface area contributed by atoms with Crippen molar-refractivity contribution in [1.82, 2.24) is 4.90 Å². The van der Waals surface area contributed by atoms with Crippen molar-refractivity contribution < 1.29 is 17.6 Å². The second kappa shape index (κ2) is 7.81. The van der Waals surface area contributed by atoms with E-state index in [2.05, 4.69) is 5.32 Å². The van der Waals surface area contributed by atoms with Gasteiger partial charge in [0.15, 0.2) is 5.11 Å². The Bertz CT molecular complexity index is 707. The average Bonchev–Trinajstić information content (AvgIpc) is 2.50. The number of anilines is 1. The van der Waals surface area contributed by atoms with Crippen LogP contribution in [0.25, 0.3) is 0 Å². The number of hydrogen-bond donors (Lipinski definition) is 1. The maximum Gasteiger partial charge on any atom is 0.406 e. The molecule has 0 radical (unpaired) electrons.